The maximum atomic E-state index is 5.56. The molecule has 1 saturated heterocycles. The van der Waals surface area contributed by atoms with Gasteiger partial charge in [0.2, 0.25) is 0 Å². The number of rotatable bonds is 4. The quantitative estimate of drug-likeness (QED) is 0.826. The molecule has 2 nitrogen and oxygen atoms in total. The summed E-state index contributed by atoms with van der Waals surface area (Å²) in [5.74, 6) is 0. The molecule has 3 heteroatoms. The molecule has 0 spiro atoms. The Balaban J connectivity index is 1.74. The van der Waals surface area contributed by atoms with Crippen molar-refractivity contribution < 1.29 is 4.74 Å². The fourth-order valence-electron chi connectivity index (χ4n) is 1.75. The summed E-state index contributed by atoms with van der Waals surface area (Å²) in [6.07, 6.45) is 2.88. The number of hydrogen-bond acceptors (Lipinski definition) is 3. The van der Waals surface area contributed by atoms with Crippen molar-refractivity contribution in [1.29, 1.82) is 0 Å². The second kappa shape index (κ2) is 4.91. The third-order valence-electron chi connectivity index (χ3n) is 2.65. The molecule has 1 aliphatic rings. The smallest absolute Gasteiger partial charge is 0.0700 e. The Morgan fingerprint density at radius 2 is 2.64 bits per heavy atom. The van der Waals surface area contributed by atoms with Gasteiger partial charge in [-0.15, -0.1) is 11.3 Å². The Kier molecular flexibility index (Phi) is 3.56. The van der Waals surface area contributed by atoms with Crippen LogP contribution in [0.1, 0.15) is 30.7 Å². The van der Waals surface area contributed by atoms with E-state index in [9.17, 15) is 0 Å². The Labute approximate surface area is 89.3 Å². The minimum Gasteiger partial charge on any atom is -0.377 e. The van der Waals surface area contributed by atoms with Crippen molar-refractivity contribution in [2.75, 3.05) is 13.2 Å². The standard InChI is InChI=1S/C11H17NOS/c1-9(11-5-3-7-14-11)12-8-10-4-2-6-13-10/h3,5,7,9-10,12H,2,4,6,8H2,1H3/t9-,10?/m0/s1. The molecule has 2 atom stereocenters. The van der Waals surface area contributed by atoms with Crippen molar-refractivity contribution in [2.45, 2.75) is 31.9 Å². The highest BCUT2D eigenvalue weighted by Crippen LogP contribution is 2.19. The van der Waals surface area contributed by atoms with E-state index in [1.165, 1.54) is 17.7 Å². The Hall–Kier alpha value is -0.380. The molecule has 1 N–H and O–H groups in total. The first-order chi connectivity index (χ1) is 6.86. The zero-order valence-electron chi connectivity index (χ0n) is 8.53. The molecule has 1 fully saturated rings. The molecule has 2 heterocycles. The molecule has 1 aromatic rings. The third-order valence-corrected chi connectivity index (χ3v) is 3.70. The number of nitrogens with one attached hydrogen (secondary N) is 1. The van der Waals surface area contributed by atoms with Gasteiger partial charge in [-0.3, -0.25) is 0 Å². The van der Waals surface area contributed by atoms with E-state index < -0.39 is 0 Å². The second-order valence-corrected chi connectivity index (χ2v) is 4.76. The highest BCUT2D eigenvalue weighted by molar-refractivity contribution is 7.10. The highest BCUT2D eigenvalue weighted by atomic mass is 32.1. The predicted octanol–water partition coefficient (Wildman–Crippen LogP) is 2.58. The van der Waals surface area contributed by atoms with Crippen LogP contribution in [0.4, 0.5) is 0 Å². The predicted molar refractivity (Wildman–Crippen MR) is 59.7 cm³/mol. The zero-order chi connectivity index (χ0) is 9.80. The molecule has 0 radical (unpaired) electrons. The van der Waals surface area contributed by atoms with Crippen LogP contribution < -0.4 is 5.32 Å². The summed E-state index contributed by atoms with van der Waals surface area (Å²) in [5.41, 5.74) is 0. The van der Waals surface area contributed by atoms with Crippen LogP contribution in [0.15, 0.2) is 17.5 Å². The topological polar surface area (TPSA) is 21.3 Å². The molecule has 0 aromatic carbocycles. The molecule has 0 bridgehead atoms. The van der Waals surface area contributed by atoms with Crippen molar-refractivity contribution in [1.82, 2.24) is 5.32 Å². The van der Waals surface area contributed by atoms with Gasteiger partial charge in [-0.2, -0.15) is 0 Å². The van der Waals surface area contributed by atoms with E-state index >= 15 is 0 Å². The Morgan fingerprint density at radius 3 is 3.29 bits per heavy atom. The first kappa shape index (κ1) is 10.1. The van der Waals surface area contributed by atoms with Crippen LogP contribution in [0, 0.1) is 0 Å². The monoisotopic (exact) mass is 211 g/mol. The van der Waals surface area contributed by atoms with Gasteiger partial charge in [0.1, 0.15) is 0 Å². The first-order valence-electron chi connectivity index (χ1n) is 5.24. The van der Waals surface area contributed by atoms with Crippen LogP contribution in [-0.2, 0) is 4.74 Å². The van der Waals surface area contributed by atoms with E-state index in [4.69, 9.17) is 4.74 Å². The summed E-state index contributed by atoms with van der Waals surface area (Å²) >= 11 is 1.81. The van der Waals surface area contributed by atoms with E-state index in [1.54, 1.807) is 0 Å². The van der Waals surface area contributed by atoms with Gasteiger partial charge in [-0.25, -0.2) is 0 Å². The zero-order valence-corrected chi connectivity index (χ0v) is 9.35. The molecule has 2 rings (SSSR count). The lowest BCUT2D eigenvalue weighted by molar-refractivity contribution is 0.108. The van der Waals surface area contributed by atoms with Crippen LogP contribution in [0.25, 0.3) is 0 Å². The van der Waals surface area contributed by atoms with Crippen molar-refractivity contribution in [3.05, 3.63) is 22.4 Å². The van der Waals surface area contributed by atoms with Gasteiger partial charge in [0.15, 0.2) is 0 Å². The van der Waals surface area contributed by atoms with Crippen LogP contribution >= 0.6 is 11.3 Å². The van der Waals surface area contributed by atoms with Crippen LogP contribution in [0.5, 0.6) is 0 Å². The molecule has 1 aromatic heterocycles. The van der Waals surface area contributed by atoms with Gasteiger partial charge >= 0.3 is 0 Å². The SMILES string of the molecule is C[C@H](NCC1CCCO1)c1cccs1. The average Bonchev–Trinajstić information content (AvgIpc) is 2.87. The van der Waals surface area contributed by atoms with Gasteiger partial charge in [0.25, 0.3) is 0 Å². The molecular formula is C11H17NOS. The largest absolute Gasteiger partial charge is 0.377 e. The van der Waals surface area contributed by atoms with Crippen LogP contribution in [0.2, 0.25) is 0 Å². The summed E-state index contributed by atoms with van der Waals surface area (Å²) in [5, 5.41) is 5.64. The van der Waals surface area contributed by atoms with Gasteiger partial charge in [0, 0.05) is 24.1 Å². The summed E-state index contributed by atoms with van der Waals surface area (Å²) in [7, 11) is 0. The summed E-state index contributed by atoms with van der Waals surface area (Å²) < 4.78 is 5.56. The molecule has 0 amide bonds. The third kappa shape index (κ3) is 2.56. The number of ether oxygens (including phenoxy) is 1. The fourth-order valence-corrected chi connectivity index (χ4v) is 2.51. The molecular weight excluding hydrogens is 194 g/mol. The maximum absolute atomic E-state index is 5.56. The highest BCUT2D eigenvalue weighted by Gasteiger charge is 2.16. The minimum absolute atomic E-state index is 0.442. The Morgan fingerprint density at radius 1 is 1.71 bits per heavy atom. The van der Waals surface area contributed by atoms with Crippen LogP contribution in [-0.4, -0.2) is 19.3 Å². The van der Waals surface area contributed by atoms with Gasteiger partial charge in [-0.05, 0) is 31.2 Å². The van der Waals surface area contributed by atoms with Gasteiger partial charge in [0.05, 0.1) is 6.10 Å². The molecule has 1 unspecified atom stereocenters. The van der Waals surface area contributed by atoms with Crippen LogP contribution in [0.3, 0.4) is 0 Å². The van der Waals surface area contributed by atoms with Crippen molar-refractivity contribution >= 4 is 11.3 Å². The van der Waals surface area contributed by atoms with Crippen molar-refractivity contribution in [3.8, 4) is 0 Å². The molecule has 0 aliphatic carbocycles. The van der Waals surface area contributed by atoms with E-state index in [1.807, 2.05) is 11.3 Å². The lowest BCUT2D eigenvalue weighted by Crippen LogP contribution is -2.28. The second-order valence-electron chi connectivity index (χ2n) is 3.78. The van der Waals surface area contributed by atoms with Gasteiger partial charge < -0.3 is 10.1 Å². The number of thiophene rings is 1. The molecule has 78 valence electrons. The van der Waals surface area contributed by atoms with E-state index in [-0.39, 0.29) is 0 Å². The van der Waals surface area contributed by atoms with Crippen molar-refractivity contribution in [2.24, 2.45) is 0 Å². The maximum Gasteiger partial charge on any atom is 0.0700 e. The first-order valence-corrected chi connectivity index (χ1v) is 6.12. The lowest BCUT2D eigenvalue weighted by Gasteiger charge is -2.15. The average molecular weight is 211 g/mol. The molecule has 1 aliphatic heterocycles. The number of hydrogen-bond donors (Lipinski definition) is 1. The minimum atomic E-state index is 0.442. The van der Waals surface area contributed by atoms with Gasteiger partial charge in [-0.1, -0.05) is 6.07 Å². The van der Waals surface area contributed by atoms with Crippen molar-refractivity contribution in [3.63, 3.8) is 0 Å². The Bertz CT molecular complexity index is 254. The summed E-state index contributed by atoms with van der Waals surface area (Å²) in [6.45, 7) is 4.14. The van der Waals surface area contributed by atoms with E-state index in [0.29, 0.717) is 12.1 Å². The molecule has 0 saturated carbocycles. The summed E-state index contributed by atoms with van der Waals surface area (Å²) in [4.78, 5) is 1.41. The molecule has 14 heavy (non-hydrogen) atoms. The van der Waals surface area contributed by atoms with E-state index in [0.717, 1.165) is 13.2 Å². The normalized spacial score (nSPS) is 23.9. The lowest BCUT2D eigenvalue weighted by atomic mass is 10.2. The van der Waals surface area contributed by atoms with E-state index in [2.05, 4.69) is 29.8 Å². The summed E-state index contributed by atoms with van der Waals surface area (Å²) in [6, 6.07) is 4.74. The fraction of sp³-hybridized carbons (Fsp3) is 0.636.